The van der Waals surface area contributed by atoms with Gasteiger partial charge in [0.1, 0.15) is 23.1 Å². The van der Waals surface area contributed by atoms with E-state index in [1.807, 2.05) is 49.4 Å². The molecule has 0 bridgehead atoms. The number of nitriles is 1. The van der Waals surface area contributed by atoms with Crippen molar-refractivity contribution in [2.45, 2.75) is 32.7 Å². The molecule has 32 heavy (non-hydrogen) atoms. The van der Waals surface area contributed by atoms with Crippen LogP contribution < -0.4 is 15.8 Å². The maximum absolute atomic E-state index is 13.4. The van der Waals surface area contributed by atoms with Crippen LogP contribution in [0.3, 0.4) is 0 Å². The van der Waals surface area contributed by atoms with Gasteiger partial charge in [0.25, 0.3) is 11.5 Å². The molecule has 4 rings (SSSR count). The lowest BCUT2D eigenvalue weighted by molar-refractivity contribution is -0.117. The van der Waals surface area contributed by atoms with Crippen molar-refractivity contribution in [3.05, 3.63) is 81.3 Å². The zero-order chi connectivity index (χ0) is 22.5. The topological polar surface area (TPSA) is 90.5 Å². The average Bonchev–Trinajstić information content (AvgIpc) is 2.83. The molecule has 1 aromatic carbocycles. The predicted molar refractivity (Wildman–Crippen MR) is 124 cm³/mol. The number of rotatable bonds is 5. The number of aryl methyl sites for hydroxylation is 1. The smallest absolute Gasteiger partial charge is 0.267 e. The van der Waals surface area contributed by atoms with Gasteiger partial charge in [-0.05, 0) is 49.5 Å². The molecule has 0 saturated carbocycles. The first-order valence-electron chi connectivity index (χ1n) is 10.8. The minimum Gasteiger partial charge on any atom is -0.356 e. The highest BCUT2D eigenvalue weighted by molar-refractivity contribution is 6.02. The van der Waals surface area contributed by atoms with Crippen molar-refractivity contribution < 1.29 is 4.79 Å². The summed E-state index contributed by atoms with van der Waals surface area (Å²) in [4.78, 5) is 33.0. The van der Waals surface area contributed by atoms with Gasteiger partial charge in [0.05, 0.1) is 5.56 Å². The number of nitrogens with zero attached hydrogens (tertiary/aromatic N) is 4. The Hall–Kier alpha value is -3.92. The first-order valence-corrected chi connectivity index (χ1v) is 10.8. The van der Waals surface area contributed by atoms with Crippen molar-refractivity contribution in [1.29, 1.82) is 5.26 Å². The molecule has 1 amide bonds. The number of pyridine rings is 1. The Labute approximate surface area is 186 Å². The standard InChI is InChI=1S/C25H25N5O2/c1-18-9-8-14-30-22(18)28-23(29-12-6-3-7-13-29)21(25(30)32)15-20(16-26)24(31)27-17-19-10-4-2-5-11-19/h2,4-5,8-11,14-15H,3,6-7,12-13,17H2,1H3,(H,27,31)/b20-15+. The van der Waals surface area contributed by atoms with Crippen LogP contribution in [0.4, 0.5) is 5.82 Å². The average molecular weight is 428 g/mol. The van der Waals surface area contributed by atoms with Gasteiger partial charge >= 0.3 is 0 Å². The zero-order valence-corrected chi connectivity index (χ0v) is 18.0. The van der Waals surface area contributed by atoms with Gasteiger partial charge in [0.2, 0.25) is 0 Å². The molecule has 1 fully saturated rings. The Morgan fingerprint density at radius 2 is 1.91 bits per heavy atom. The second-order valence-corrected chi connectivity index (χ2v) is 7.92. The first kappa shape index (κ1) is 21.3. The molecular weight excluding hydrogens is 402 g/mol. The lowest BCUT2D eigenvalue weighted by Crippen LogP contribution is -2.34. The molecule has 3 heterocycles. The van der Waals surface area contributed by atoms with Crippen LogP contribution in [0.2, 0.25) is 0 Å². The van der Waals surface area contributed by atoms with E-state index in [4.69, 9.17) is 4.98 Å². The molecule has 1 N–H and O–H groups in total. The third-order valence-electron chi connectivity index (χ3n) is 5.67. The summed E-state index contributed by atoms with van der Waals surface area (Å²) in [6.07, 6.45) is 6.21. The molecule has 0 unspecified atom stereocenters. The number of carbonyl (C=O) groups excluding carboxylic acids is 1. The van der Waals surface area contributed by atoms with E-state index < -0.39 is 5.91 Å². The van der Waals surface area contributed by atoms with Crippen molar-refractivity contribution in [2.24, 2.45) is 0 Å². The molecule has 1 aliphatic rings. The first-order chi connectivity index (χ1) is 15.6. The van der Waals surface area contributed by atoms with Gasteiger partial charge in [-0.15, -0.1) is 0 Å². The third-order valence-corrected chi connectivity index (χ3v) is 5.67. The summed E-state index contributed by atoms with van der Waals surface area (Å²) >= 11 is 0. The number of anilines is 1. The van der Waals surface area contributed by atoms with Gasteiger partial charge in [-0.3, -0.25) is 14.0 Å². The minimum atomic E-state index is -0.519. The monoisotopic (exact) mass is 427 g/mol. The highest BCUT2D eigenvalue weighted by Gasteiger charge is 2.21. The Kier molecular flexibility index (Phi) is 6.31. The number of hydrogen-bond donors (Lipinski definition) is 1. The highest BCUT2D eigenvalue weighted by Crippen LogP contribution is 2.23. The number of piperidine rings is 1. The fraction of sp³-hybridized carbons (Fsp3) is 0.280. The molecular formula is C25H25N5O2. The molecule has 0 radical (unpaired) electrons. The molecule has 1 saturated heterocycles. The second-order valence-electron chi connectivity index (χ2n) is 7.92. The minimum absolute atomic E-state index is 0.120. The third kappa shape index (κ3) is 4.40. The zero-order valence-electron chi connectivity index (χ0n) is 18.0. The van der Waals surface area contributed by atoms with Crippen LogP contribution in [0.5, 0.6) is 0 Å². The van der Waals surface area contributed by atoms with Gasteiger partial charge in [-0.25, -0.2) is 4.98 Å². The summed E-state index contributed by atoms with van der Waals surface area (Å²) in [5.74, 6) is 0.0160. The van der Waals surface area contributed by atoms with E-state index in [0.717, 1.165) is 43.5 Å². The Morgan fingerprint density at radius 1 is 1.16 bits per heavy atom. The number of aromatic nitrogens is 2. The SMILES string of the molecule is Cc1cccn2c(=O)c(/C=C(\C#N)C(=O)NCc3ccccc3)c(N3CCCCC3)nc12. The van der Waals surface area contributed by atoms with E-state index >= 15 is 0 Å². The molecule has 2 aromatic heterocycles. The van der Waals surface area contributed by atoms with Crippen molar-refractivity contribution in [3.63, 3.8) is 0 Å². The van der Waals surface area contributed by atoms with Crippen molar-refractivity contribution in [3.8, 4) is 6.07 Å². The molecule has 0 spiro atoms. The molecule has 1 aliphatic heterocycles. The maximum atomic E-state index is 13.4. The summed E-state index contributed by atoms with van der Waals surface area (Å²) in [5.41, 5.74) is 2.26. The fourth-order valence-electron chi connectivity index (χ4n) is 3.94. The van der Waals surface area contributed by atoms with E-state index in [0.29, 0.717) is 18.0 Å². The Bertz CT molecular complexity index is 1270. The Morgan fingerprint density at radius 3 is 2.62 bits per heavy atom. The Balaban J connectivity index is 1.76. The number of carbonyl (C=O) groups is 1. The molecule has 0 aliphatic carbocycles. The van der Waals surface area contributed by atoms with E-state index in [2.05, 4.69) is 10.2 Å². The largest absolute Gasteiger partial charge is 0.356 e. The molecule has 7 heteroatoms. The lowest BCUT2D eigenvalue weighted by atomic mass is 10.1. The van der Waals surface area contributed by atoms with Gasteiger partial charge < -0.3 is 10.2 Å². The van der Waals surface area contributed by atoms with Gasteiger partial charge in [-0.1, -0.05) is 36.4 Å². The summed E-state index contributed by atoms with van der Waals surface area (Å²) in [6, 6.07) is 15.1. The number of nitrogens with one attached hydrogen (secondary N) is 1. The number of benzene rings is 1. The molecule has 7 nitrogen and oxygen atoms in total. The number of hydrogen-bond acceptors (Lipinski definition) is 5. The summed E-state index contributed by atoms with van der Waals surface area (Å²) in [6.45, 7) is 3.79. The van der Waals surface area contributed by atoms with Gasteiger partial charge in [0, 0.05) is 25.8 Å². The van der Waals surface area contributed by atoms with E-state index in [1.54, 1.807) is 12.3 Å². The van der Waals surface area contributed by atoms with Crippen LogP contribution in [0, 0.1) is 18.3 Å². The van der Waals surface area contributed by atoms with Crippen molar-refractivity contribution >= 4 is 23.4 Å². The maximum Gasteiger partial charge on any atom is 0.267 e. The quantitative estimate of drug-likeness (QED) is 0.499. The van der Waals surface area contributed by atoms with E-state index in [1.165, 1.54) is 10.5 Å². The predicted octanol–water partition coefficient (Wildman–Crippen LogP) is 3.22. The van der Waals surface area contributed by atoms with Crippen LogP contribution >= 0.6 is 0 Å². The normalized spacial score (nSPS) is 14.2. The van der Waals surface area contributed by atoms with Gasteiger partial charge in [0.15, 0.2) is 0 Å². The van der Waals surface area contributed by atoms with E-state index in [9.17, 15) is 14.9 Å². The van der Waals surface area contributed by atoms with Crippen molar-refractivity contribution in [1.82, 2.24) is 14.7 Å². The van der Waals surface area contributed by atoms with Crippen LogP contribution in [0.15, 0.2) is 59.0 Å². The fourth-order valence-corrected chi connectivity index (χ4v) is 3.94. The van der Waals surface area contributed by atoms with Crippen LogP contribution in [0.25, 0.3) is 11.7 Å². The van der Waals surface area contributed by atoms with Crippen LogP contribution in [-0.2, 0) is 11.3 Å². The van der Waals surface area contributed by atoms with Crippen LogP contribution in [-0.4, -0.2) is 28.4 Å². The lowest BCUT2D eigenvalue weighted by Gasteiger charge is -2.29. The van der Waals surface area contributed by atoms with Crippen LogP contribution in [0.1, 0.15) is 36.0 Å². The summed E-state index contributed by atoms with van der Waals surface area (Å²) < 4.78 is 1.48. The number of fused-ring (bicyclic) bond motifs is 1. The number of amides is 1. The highest BCUT2D eigenvalue weighted by atomic mass is 16.1. The summed E-state index contributed by atoms with van der Waals surface area (Å²) in [7, 11) is 0. The second kappa shape index (κ2) is 9.48. The van der Waals surface area contributed by atoms with Crippen molar-refractivity contribution in [2.75, 3.05) is 18.0 Å². The van der Waals surface area contributed by atoms with E-state index in [-0.39, 0.29) is 16.7 Å². The molecule has 162 valence electrons. The molecule has 0 atom stereocenters. The molecule has 3 aromatic rings. The van der Waals surface area contributed by atoms with Gasteiger partial charge in [-0.2, -0.15) is 5.26 Å². The summed E-state index contributed by atoms with van der Waals surface area (Å²) in [5, 5.41) is 12.4.